The smallest absolute Gasteiger partial charge is 0.250 e. The zero-order valence-electron chi connectivity index (χ0n) is 13.3. The molecule has 1 N–H and O–H groups in total. The van der Waals surface area contributed by atoms with Crippen LogP contribution in [0, 0.1) is 0 Å². The molecule has 0 spiro atoms. The van der Waals surface area contributed by atoms with Crippen LogP contribution in [0.15, 0.2) is 24.3 Å². The lowest BCUT2D eigenvalue weighted by molar-refractivity contribution is -0.127. The van der Waals surface area contributed by atoms with E-state index in [2.05, 4.69) is 10.2 Å². The molecule has 1 aromatic carbocycles. The van der Waals surface area contributed by atoms with Crippen LogP contribution in [0.1, 0.15) is 33.1 Å². The number of piperidine rings is 1. The van der Waals surface area contributed by atoms with Gasteiger partial charge in [0.2, 0.25) is 11.8 Å². The van der Waals surface area contributed by atoms with Crippen LogP contribution in [0.25, 0.3) is 0 Å². The lowest BCUT2D eigenvalue weighted by atomic mass is 9.96. The van der Waals surface area contributed by atoms with Crippen molar-refractivity contribution >= 4 is 23.2 Å². The maximum absolute atomic E-state index is 12.9. The molecule has 118 valence electrons. The number of hydrogen-bond acceptors (Lipinski definition) is 3. The average Bonchev–Trinajstić information content (AvgIpc) is 2.49. The lowest BCUT2D eigenvalue weighted by Crippen LogP contribution is -2.60. The molecule has 0 atom stereocenters. The van der Waals surface area contributed by atoms with E-state index < -0.39 is 5.54 Å². The summed E-state index contributed by atoms with van der Waals surface area (Å²) in [6.07, 6.45) is 3.53. The van der Waals surface area contributed by atoms with E-state index in [-0.39, 0.29) is 11.8 Å². The van der Waals surface area contributed by atoms with E-state index in [1.807, 2.05) is 24.3 Å². The van der Waals surface area contributed by atoms with Gasteiger partial charge in [0.15, 0.2) is 0 Å². The standard InChI is InChI=1S/C17H23N3O2/c1-17(2)16(22)18-13-8-4-5-9-14(13)20(17)15(21)12-19-10-6-3-7-11-19/h4-5,8-9H,3,6-7,10-12H2,1-2H3,(H,18,22). The number of anilines is 2. The summed E-state index contributed by atoms with van der Waals surface area (Å²) in [4.78, 5) is 29.1. The Hall–Kier alpha value is -1.88. The van der Waals surface area contributed by atoms with Gasteiger partial charge in [-0.3, -0.25) is 19.4 Å². The minimum absolute atomic E-state index is 0.00537. The third-order valence-electron chi connectivity index (χ3n) is 4.56. The largest absolute Gasteiger partial charge is 0.322 e. The Labute approximate surface area is 131 Å². The molecule has 0 aromatic heterocycles. The molecule has 5 heteroatoms. The number of para-hydroxylation sites is 2. The molecule has 2 amide bonds. The minimum Gasteiger partial charge on any atom is -0.322 e. The predicted molar refractivity (Wildman–Crippen MR) is 86.9 cm³/mol. The van der Waals surface area contributed by atoms with Crippen molar-refractivity contribution in [2.75, 3.05) is 29.9 Å². The molecule has 2 aliphatic rings. The number of rotatable bonds is 2. The van der Waals surface area contributed by atoms with Crippen LogP contribution < -0.4 is 10.2 Å². The monoisotopic (exact) mass is 301 g/mol. The summed E-state index contributed by atoms with van der Waals surface area (Å²) in [6, 6.07) is 7.49. The second kappa shape index (κ2) is 5.72. The molecule has 0 bridgehead atoms. The van der Waals surface area contributed by atoms with Crippen molar-refractivity contribution in [1.82, 2.24) is 4.90 Å². The number of hydrogen-bond donors (Lipinski definition) is 1. The highest BCUT2D eigenvalue weighted by Gasteiger charge is 2.43. The summed E-state index contributed by atoms with van der Waals surface area (Å²) in [6.45, 7) is 5.91. The van der Waals surface area contributed by atoms with Crippen molar-refractivity contribution in [2.24, 2.45) is 0 Å². The molecule has 1 aromatic rings. The quantitative estimate of drug-likeness (QED) is 0.911. The van der Waals surface area contributed by atoms with E-state index in [9.17, 15) is 9.59 Å². The Kier molecular flexibility index (Phi) is 3.91. The van der Waals surface area contributed by atoms with E-state index >= 15 is 0 Å². The first-order valence-electron chi connectivity index (χ1n) is 7.96. The molecule has 3 rings (SSSR count). The minimum atomic E-state index is -0.874. The third-order valence-corrected chi connectivity index (χ3v) is 4.56. The van der Waals surface area contributed by atoms with E-state index in [1.54, 1.807) is 18.7 Å². The Balaban J connectivity index is 1.88. The van der Waals surface area contributed by atoms with Gasteiger partial charge in [0.25, 0.3) is 0 Å². The van der Waals surface area contributed by atoms with E-state index in [4.69, 9.17) is 0 Å². The molecular formula is C17H23N3O2. The number of carbonyl (C=O) groups excluding carboxylic acids is 2. The Morgan fingerprint density at radius 2 is 1.86 bits per heavy atom. The fourth-order valence-corrected chi connectivity index (χ4v) is 3.28. The van der Waals surface area contributed by atoms with Crippen molar-refractivity contribution < 1.29 is 9.59 Å². The van der Waals surface area contributed by atoms with Crippen molar-refractivity contribution in [3.8, 4) is 0 Å². The van der Waals surface area contributed by atoms with Gasteiger partial charge in [-0.25, -0.2) is 0 Å². The highest BCUT2D eigenvalue weighted by Crippen LogP contribution is 2.36. The van der Waals surface area contributed by atoms with Crippen LogP contribution >= 0.6 is 0 Å². The molecule has 0 aliphatic carbocycles. The van der Waals surface area contributed by atoms with Gasteiger partial charge >= 0.3 is 0 Å². The van der Waals surface area contributed by atoms with Crippen LogP contribution in [0.5, 0.6) is 0 Å². The Morgan fingerprint density at radius 1 is 1.18 bits per heavy atom. The Bertz CT molecular complexity index is 591. The fourth-order valence-electron chi connectivity index (χ4n) is 3.28. The summed E-state index contributed by atoms with van der Waals surface area (Å²) >= 11 is 0. The fraction of sp³-hybridized carbons (Fsp3) is 0.529. The summed E-state index contributed by atoms with van der Waals surface area (Å²) < 4.78 is 0. The third kappa shape index (κ3) is 2.61. The highest BCUT2D eigenvalue weighted by molar-refractivity contribution is 6.14. The zero-order valence-corrected chi connectivity index (χ0v) is 13.3. The van der Waals surface area contributed by atoms with Gasteiger partial charge in [0.1, 0.15) is 5.54 Å². The van der Waals surface area contributed by atoms with Gasteiger partial charge in [-0.05, 0) is 51.9 Å². The number of carbonyl (C=O) groups is 2. The Morgan fingerprint density at radius 3 is 2.59 bits per heavy atom. The van der Waals surface area contributed by atoms with Crippen molar-refractivity contribution in [2.45, 2.75) is 38.6 Å². The maximum Gasteiger partial charge on any atom is 0.250 e. The summed E-state index contributed by atoms with van der Waals surface area (Å²) in [5, 5.41) is 2.89. The van der Waals surface area contributed by atoms with Gasteiger partial charge in [-0.2, -0.15) is 0 Å². The first-order chi connectivity index (χ1) is 10.5. The number of likely N-dealkylation sites (tertiary alicyclic amines) is 1. The van der Waals surface area contributed by atoms with Gasteiger partial charge in [0, 0.05) is 0 Å². The first kappa shape index (κ1) is 15.0. The molecule has 0 radical (unpaired) electrons. The van der Waals surface area contributed by atoms with Crippen molar-refractivity contribution in [3.05, 3.63) is 24.3 Å². The number of nitrogens with zero attached hydrogens (tertiary/aromatic N) is 2. The van der Waals surface area contributed by atoms with Crippen LogP contribution in [0.4, 0.5) is 11.4 Å². The van der Waals surface area contributed by atoms with E-state index in [0.717, 1.165) is 31.6 Å². The number of benzene rings is 1. The number of amides is 2. The van der Waals surface area contributed by atoms with E-state index in [0.29, 0.717) is 12.2 Å². The van der Waals surface area contributed by atoms with Crippen LogP contribution in [0.3, 0.4) is 0 Å². The van der Waals surface area contributed by atoms with Crippen LogP contribution in [-0.4, -0.2) is 41.9 Å². The van der Waals surface area contributed by atoms with Gasteiger partial charge in [0.05, 0.1) is 17.9 Å². The number of nitrogens with one attached hydrogen (secondary N) is 1. The van der Waals surface area contributed by atoms with Crippen molar-refractivity contribution in [3.63, 3.8) is 0 Å². The highest BCUT2D eigenvalue weighted by atomic mass is 16.2. The summed E-state index contributed by atoms with van der Waals surface area (Å²) in [5.74, 6) is -0.146. The molecule has 0 unspecified atom stereocenters. The molecule has 2 heterocycles. The second-order valence-electron chi connectivity index (χ2n) is 6.60. The first-order valence-corrected chi connectivity index (χ1v) is 7.96. The topological polar surface area (TPSA) is 52.7 Å². The molecule has 1 saturated heterocycles. The summed E-state index contributed by atoms with van der Waals surface area (Å²) in [5.41, 5.74) is 0.620. The van der Waals surface area contributed by atoms with Gasteiger partial charge in [-0.15, -0.1) is 0 Å². The average molecular weight is 301 g/mol. The summed E-state index contributed by atoms with van der Waals surface area (Å²) in [7, 11) is 0. The normalized spacial score (nSPS) is 21.2. The van der Waals surface area contributed by atoms with E-state index in [1.165, 1.54) is 6.42 Å². The molecule has 0 saturated carbocycles. The maximum atomic E-state index is 12.9. The van der Waals surface area contributed by atoms with Gasteiger partial charge < -0.3 is 5.32 Å². The zero-order chi connectivity index (χ0) is 15.7. The molecule has 2 aliphatic heterocycles. The number of fused-ring (bicyclic) bond motifs is 1. The van der Waals surface area contributed by atoms with Crippen molar-refractivity contribution in [1.29, 1.82) is 0 Å². The SMILES string of the molecule is CC1(C)C(=O)Nc2ccccc2N1C(=O)CN1CCCCC1. The molecular weight excluding hydrogens is 278 g/mol. The van der Waals surface area contributed by atoms with Crippen LogP contribution in [-0.2, 0) is 9.59 Å². The molecule has 1 fully saturated rings. The molecule has 22 heavy (non-hydrogen) atoms. The molecule has 5 nitrogen and oxygen atoms in total. The van der Waals surface area contributed by atoms with Gasteiger partial charge in [-0.1, -0.05) is 18.6 Å². The predicted octanol–water partition coefficient (Wildman–Crippen LogP) is 2.24. The second-order valence-corrected chi connectivity index (χ2v) is 6.60. The van der Waals surface area contributed by atoms with Crippen LogP contribution in [0.2, 0.25) is 0 Å². The lowest BCUT2D eigenvalue weighted by Gasteiger charge is -2.43.